The van der Waals surface area contributed by atoms with Crippen molar-refractivity contribution in [3.8, 4) is 5.75 Å². The van der Waals surface area contributed by atoms with E-state index in [4.69, 9.17) is 28.9 Å². The number of rotatable bonds is 2. The maximum atomic E-state index is 12.1. The molecule has 0 aliphatic heterocycles. The summed E-state index contributed by atoms with van der Waals surface area (Å²) >= 11 is 12.0. The smallest absolute Gasteiger partial charge is 0.255 e. The Kier molecular flexibility index (Phi) is 4.06. The Morgan fingerprint density at radius 1 is 1.20 bits per heavy atom. The highest BCUT2D eigenvalue weighted by Gasteiger charge is 2.13. The molecule has 0 atom stereocenters. The van der Waals surface area contributed by atoms with Gasteiger partial charge in [0.1, 0.15) is 5.75 Å². The molecule has 0 unspecified atom stereocenters. The number of carbonyl (C=O) groups excluding carboxylic acids is 1. The summed E-state index contributed by atoms with van der Waals surface area (Å²) in [5, 5.41) is 12.7. The number of nitrogens with two attached hydrogens (primary N) is 1. The zero-order valence-corrected chi connectivity index (χ0v) is 12.1. The fourth-order valence-electron chi connectivity index (χ4n) is 1.65. The Morgan fingerprint density at radius 2 is 1.80 bits per heavy atom. The molecule has 0 aromatic heterocycles. The lowest BCUT2D eigenvalue weighted by atomic mass is 10.1. The molecule has 0 spiro atoms. The van der Waals surface area contributed by atoms with E-state index < -0.39 is 5.91 Å². The average Bonchev–Trinajstić information content (AvgIpc) is 2.36. The third-order valence-corrected chi connectivity index (χ3v) is 3.37. The molecule has 6 heteroatoms. The van der Waals surface area contributed by atoms with Crippen LogP contribution in [0.1, 0.15) is 15.9 Å². The molecule has 0 saturated carbocycles. The Bertz CT molecular complexity index is 664. The highest BCUT2D eigenvalue weighted by Crippen LogP contribution is 2.33. The van der Waals surface area contributed by atoms with E-state index >= 15 is 0 Å². The van der Waals surface area contributed by atoms with E-state index in [-0.39, 0.29) is 21.5 Å². The molecule has 104 valence electrons. The molecule has 2 aromatic rings. The molecule has 0 bridgehead atoms. The van der Waals surface area contributed by atoms with Gasteiger partial charge in [-0.05, 0) is 36.8 Å². The van der Waals surface area contributed by atoms with Crippen molar-refractivity contribution in [2.75, 3.05) is 11.1 Å². The summed E-state index contributed by atoms with van der Waals surface area (Å²) in [6, 6.07) is 7.62. The standard InChI is InChI=1S/C14H12Cl2N2O2/c1-7-2-3-8(4-12(7)19)14(20)18-13-10(15)5-9(17)6-11(13)16/h2-6,19H,17H2,1H3,(H,18,20). The van der Waals surface area contributed by atoms with Crippen molar-refractivity contribution >= 4 is 40.5 Å². The van der Waals surface area contributed by atoms with E-state index in [1.807, 2.05) is 0 Å². The van der Waals surface area contributed by atoms with Crippen LogP contribution in [0.2, 0.25) is 10.0 Å². The van der Waals surface area contributed by atoms with Crippen molar-refractivity contribution in [1.29, 1.82) is 0 Å². The minimum atomic E-state index is -0.422. The second-order valence-corrected chi connectivity index (χ2v) is 5.13. The average molecular weight is 311 g/mol. The topological polar surface area (TPSA) is 75.4 Å². The molecule has 0 fully saturated rings. The molecule has 0 saturated heterocycles. The van der Waals surface area contributed by atoms with Crippen molar-refractivity contribution in [1.82, 2.24) is 0 Å². The number of aromatic hydroxyl groups is 1. The molecule has 2 rings (SSSR count). The number of hydrogen-bond donors (Lipinski definition) is 3. The summed E-state index contributed by atoms with van der Waals surface area (Å²) in [5.41, 5.74) is 7.27. The van der Waals surface area contributed by atoms with Crippen LogP contribution in [-0.4, -0.2) is 11.0 Å². The van der Waals surface area contributed by atoms with Gasteiger partial charge in [-0.1, -0.05) is 29.3 Å². The van der Waals surface area contributed by atoms with Crippen LogP contribution in [0.3, 0.4) is 0 Å². The Morgan fingerprint density at radius 3 is 2.35 bits per heavy atom. The highest BCUT2D eigenvalue weighted by molar-refractivity contribution is 6.40. The normalized spacial score (nSPS) is 10.3. The molecular formula is C14H12Cl2N2O2. The lowest BCUT2D eigenvalue weighted by Crippen LogP contribution is -2.12. The van der Waals surface area contributed by atoms with Gasteiger partial charge in [-0.3, -0.25) is 4.79 Å². The van der Waals surface area contributed by atoms with Crippen LogP contribution in [0.4, 0.5) is 11.4 Å². The van der Waals surface area contributed by atoms with Gasteiger partial charge in [0, 0.05) is 11.3 Å². The summed E-state index contributed by atoms with van der Waals surface area (Å²) in [5.74, 6) is -0.374. The predicted molar refractivity (Wildman–Crippen MR) is 81.7 cm³/mol. The first-order valence-electron chi connectivity index (χ1n) is 5.74. The number of aryl methyl sites for hydroxylation is 1. The van der Waals surface area contributed by atoms with Crippen molar-refractivity contribution < 1.29 is 9.90 Å². The van der Waals surface area contributed by atoms with Gasteiger partial charge in [-0.15, -0.1) is 0 Å². The largest absolute Gasteiger partial charge is 0.508 e. The number of phenolic OH excluding ortho intramolecular Hbond substituents is 1. The second kappa shape index (κ2) is 5.61. The van der Waals surface area contributed by atoms with E-state index in [0.29, 0.717) is 16.8 Å². The van der Waals surface area contributed by atoms with Gasteiger partial charge < -0.3 is 16.2 Å². The van der Waals surface area contributed by atoms with Gasteiger partial charge in [-0.2, -0.15) is 0 Å². The fraction of sp³-hybridized carbons (Fsp3) is 0.0714. The molecule has 0 radical (unpaired) electrons. The fourth-order valence-corrected chi connectivity index (χ4v) is 2.25. The maximum Gasteiger partial charge on any atom is 0.255 e. The summed E-state index contributed by atoms with van der Waals surface area (Å²) < 4.78 is 0. The number of phenols is 1. The number of nitrogens with one attached hydrogen (secondary N) is 1. The zero-order valence-electron chi connectivity index (χ0n) is 10.6. The van der Waals surface area contributed by atoms with Crippen molar-refractivity contribution in [2.45, 2.75) is 6.92 Å². The third kappa shape index (κ3) is 2.98. The number of benzene rings is 2. The van der Waals surface area contributed by atoms with E-state index in [9.17, 15) is 9.90 Å². The van der Waals surface area contributed by atoms with E-state index in [0.717, 1.165) is 0 Å². The van der Waals surface area contributed by atoms with E-state index in [2.05, 4.69) is 5.32 Å². The zero-order chi connectivity index (χ0) is 14.9. The van der Waals surface area contributed by atoms with Gasteiger partial charge in [-0.25, -0.2) is 0 Å². The van der Waals surface area contributed by atoms with Gasteiger partial charge in [0.15, 0.2) is 0 Å². The number of amides is 1. The van der Waals surface area contributed by atoms with Crippen LogP contribution < -0.4 is 11.1 Å². The third-order valence-electron chi connectivity index (χ3n) is 2.77. The Labute approximate surface area is 126 Å². The molecule has 20 heavy (non-hydrogen) atoms. The molecule has 0 aliphatic rings. The molecule has 4 N–H and O–H groups in total. The molecule has 2 aromatic carbocycles. The monoisotopic (exact) mass is 310 g/mol. The van der Waals surface area contributed by atoms with E-state index in [1.165, 1.54) is 18.2 Å². The molecule has 4 nitrogen and oxygen atoms in total. The number of carbonyl (C=O) groups is 1. The highest BCUT2D eigenvalue weighted by atomic mass is 35.5. The van der Waals surface area contributed by atoms with E-state index in [1.54, 1.807) is 19.1 Å². The van der Waals surface area contributed by atoms with Crippen LogP contribution in [-0.2, 0) is 0 Å². The quantitative estimate of drug-likeness (QED) is 0.738. The van der Waals surface area contributed by atoms with Gasteiger partial charge in [0.2, 0.25) is 0 Å². The van der Waals surface area contributed by atoms with Crippen molar-refractivity contribution in [2.24, 2.45) is 0 Å². The lowest BCUT2D eigenvalue weighted by Gasteiger charge is -2.10. The molecular weight excluding hydrogens is 299 g/mol. The van der Waals surface area contributed by atoms with Gasteiger partial charge in [0.25, 0.3) is 5.91 Å². The van der Waals surface area contributed by atoms with Crippen LogP contribution in [0.25, 0.3) is 0 Å². The molecule has 0 heterocycles. The van der Waals surface area contributed by atoms with Crippen molar-refractivity contribution in [3.05, 3.63) is 51.5 Å². The van der Waals surface area contributed by atoms with Gasteiger partial charge in [0.05, 0.1) is 15.7 Å². The first-order valence-corrected chi connectivity index (χ1v) is 6.49. The predicted octanol–water partition coefficient (Wildman–Crippen LogP) is 3.84. The number of halogens is 2. The minimum Gasteiger partial charge on any atom is -0.508 e. The Hall–Kier alpha value is -1.91. The maximum absolute atomic E-state index is 12.1. The number of nitrogen functional groups attached to an aromatic ring is 1. The molecule has 1 amide bonds. The first-order chi connectivity index (χ1) is 9.38. The number of hydrogen-bond acceptors (Lipinski definition) is 3. The van der Waals surface area contributed by atoms with Crippen LogP contribution in [0.5, 0.6) is 5.75 Å². The first kappa shape index (κ1) is 14.5. The summed E-state index contributed by atoms with van der Waals surface area (Å²) in [6.07, 6.45) is 0. The summed E-state index contributed by atoms with van der Waals surface area (Å²) in [7, 11) is 0. The summed E-state index contributed by atoms with van der Waals surface area (Å²) in [6.45, 7) is 1.74. The molecule has 0 aliphatic carbocycles. The second-order valence-electron chi connectivity index (χ2n) is 4.31. The van der Waals surface area contributed by atoms with Crippen LogP contribution >= 0.6 is 23.2 Å². The van der Waals surface area contributed by atoms with Crippen LogP contribution in [0, 0.1) is 6.92 Å². The van der Waals surface area contributed by atoms with Crippen LogP contribution in [0.15, 0.2) is 30.3 Å². The van der Waals surface area contributed by atoms with Crippen molar-refractivity contribution in [3.63, 3.8) is 0 Å². The summed E-state index contributed by atoms with van der Waals surface area (Å²) in [4.78, 5) is 12.1. The minimum absolute atomic E-state index is 0.0483. The van der Waals surface area contributed by atoms with Gasteiger partial charge >= 0.3 is 0 Å². The SMILES string of the molecule is Cc1ccc(C(=O)Nc2c(Cl)cc(N)cc2Cl)cc1O. The lowest BCUT2D eigenvalue weighted by molar-refractivity contribution is 0.102. The number of anilines is 2. The Balaban J connectivity index is 2.30.